The van der Waals surface area contributed by atoms with E-state index >= 15 is 0 Å². The van der Waals surface area contributed by atoms with E-state index in [9.17, 15) is 9.18 Å². The van der Waals surface area contributed by atoms with Crippen LogP contribution in [0.4, 0.5) is 14.9 Å². The smallest absolute Gasteiger partial charge is 0.321 e. The lowest BCUT2D eigenvalue weighted by Crippen LogP contribution is -2.50. The molecule has 10 heteroatoms. The third kappa shape index (κ3) is 4.71. The fraction of sp³-hybridized carbons (Fsp3) is 0.250. The van der Waals surface area contributed by atoms with Gasteiger partial charge in [-0.1, -0.05) is 11.6 Å². The summed E-state index contributed by atoms with van der Waals surface area (Å²) in [5, 5.41) is 2.77. The first kappa shape index (κ1) is 22.2. The molecule has 2 amide bonds. The molecule has 0 bridgehead atoms. The van der Waals surface area contributed by atoms with Crippen LogP contribution in [0.5, 0.6) is 0 Å². The number of amides is 2. The van der Waals surface area contributed by atoms with Crippen LogP contribution in [-0.4, -0.2) is 68.1 Å². The maximum atomic E-state index is 13.3. The van der Waals surface area contributed by atoms with Crippen molar-refractivity contribution in [1.29, 1.82) is 0 Å². The van der Waals surface area contributed by atoms with Gasteiger partial charge < -0.3 is 14.8 Å². The molecule has 1 saturated heterocycles. The highest BCUT2D eigenvalue weighted by atomic mass is 35.5. The molecular formula is C24H23ClFN7O. The Labute approximate surface area is 201 Å². The molecule has 0 spiro atoms. The van der Waals surface area contributed by atoms with Gasteiger partial charge >= 0.3 is 6.03 Å². The number of fused-ring (bicyclic) bond motifs is 1. The largest absolute Gasteiger partial charge is 0.322 e. The molecular weight excluding hydrogens is 457 g/mol. The summed E-state index contributed by atoms with van der Waals surface area (Å²) in [4.78, 5) is 30.1. The van der Waals surface area contributed by atoms with E-state index in [1.807, 2.05) is 24.3 Å². The van der Waals surface area contributed by atoms with E-state index in [-0.39, 0.29) is 11.1 Å². The van der Waals surface area contributed by atoms with Crippen molar-refractivity contribution >= 4 is 34.5 Å². The van der Waals surface area contributed by atoms with Gasteiger partial charge in [-0.05, 0) is 42.5 Å². The van der Waals surface area contributed by atoms with Crippen LogP contribution in [0.1, 0.15) is 0 Å². The van der Waals surface area contributed by atoms with Gasteiger partial charge in [0, 0.05) is 69.1 Å². The Morgan fingerprint density at radius 3 is 2.59 bits per heavy atom. The Morgan fingerprint density at radius 1 is 1.03 bits per heavy atom. The minimum absolute atomic E-state index is 0.0183. The Kier molecular flexibility index (Phi) is 6.37. The zero-order valence-electron chi connectivity index (χ0n) is 18.4. The molecule has 1 fully saturated rings. The van der Waals surface area contributed by atoms with Gasteiger partial charge in [0.2, 0.25) is 0 Å². The highest BCUT2D eigenvalue weighted by Crippen LogP contribution is 2.23. The number of piperazine rings is 1. The fourth-order valence-corrected chi connectivity index (χ4v) is 4.26. The fourth-order valence-electron chi connectivity index (χ4n) is 4.08. The zero-order valence-corrected chi connectivity index (χ0v) is 19.1. The lowest BCUT2D eigenvalue weighted by molar-refractivity contribution is 0.145. The molecule has 8 nitrogen and oxygen atoms in total. The molecule has 5 rings (SSSR count). The maximum Gasteiger partial charge on any atom is 0.321 e. The number of nitrogens with zero attached hydrogens (tertiary/aromatic N) is 6. The first-order valence-corrected chi connectivity index (χ1v) is 11.4. The highest BCUT2D eigenvalue weighted by molar-refractivity contribution is 6.31. The molecule has 0 unspecified atom stereocenters. The van der Waals surface area contributed by atoms with Gasteiger partial charge in [0.25, 0.3) is 0 Å². The molecule has 0 atom stereocenters. The SMILES string of the molecule is O=C(Nc1ccc(F)c(Cl)c1)N1CCN(CCn2c(-c3ccncc3)nc3cccnc32)CC1. The second-order valence-corrected chi connectivity index (χ2v) is 8.46. The third-order valence-electron chi connectivity index (χ3n) is 5.91. The summed E-state index contributed by atoms with van der Waals surface area (Å²) < 4.78 is 15.5. The van der Waals surface area contributed by atoms with Crippen LogP contribution < -0.4 is 5.32 Å². The van der Waals surface area contributed by atoms with Crippen molar-refractivity contribution in [2.75, 3.05) is 38.0 Å². The number of imidazole rings is 1. The van der Waals surface area contributed by atoms with Gasteiger partial charge in [-0.3, -0.25) is 9.88 Å². The van der Waals surface area contributed by atoms with Crippen LogP contribution in [-0.2, 0) is 6.54 Å². The van der Waals surface area contributed by atoms with Crippen molar-refractivity contribution in [3.05, 3.63) is 71.9 Å². The second kappa shape index (κ2) is 9.74. The van der Waals surface area contributed by atoms with Crippen molar-refractivity contribution in [2.24, 2.45) is 0 Å². The van der Waals surface area contributed by atoms with Gasteiger partial charge in [-0.15, -0.1) is 0 Å². The molecule has 4 heterocycles. The number of rotatable bonds is 5. The standard InChI is InChI=1S/C24H23ClFN7O/c25-19-16-18(3-4-20(19)26)29-24(34)32-13-10-31(11-14-32)12-15-33-22(17-5-8-27-9-6-17)30-21-2-1-7-28-23(21)33/h1-9,16H,10-15H2,(H,29,34). The summed E-state index contributed by atoms with van der Waals surface area (Å²) in [6, 6.07) is 11.7. The van der Waals surface area contributed by atoms with Crippen LogP contribution in [0.3, 0.4) is 0 Å². The molecule has 1 aliphatic heterocycles. The number of hydrogen-bond acceptors (Lipinski definition) is 5. The number of pyridine rings is 2. The number of aromatic nitrogens is 4. The predicted octanol–water partition coefficient (Wildman–Crippen LogP) is 4.14. The molecule has 1 aromatic carbocycles. The number of urea groups is 1. The molecule has 34 heavy (non-hydrogen) atoms. The summed E-state index contributed by atoms with van der Waals surface area (Å²) >= 11 is 5.81. The van der Waals surface area contributed by atoms with Crippen molar-refractivity contribution in [3.8, 4) is 11.4 Å². The Bertz CT molecular complexity index is 1310. The summed E-state index contributed by atoms with van der Waals surface area (Å²) in [5.74, 6) is 0.355. The average Bonchev–Trinajstić information content (AvgIpc) is 3.24. The minimum atomic E-state index is -0.513. The van der Waals surface area contributed by atoms with Crippen molar-refractivity contribution < 1.29 is 9.18 Å². The Morgan fingerprint density at radius 2 is 1.82 bits per heavy atom. The number of carbonyl (C=O) groups excluding carboxylic acids is 1. The summed E-state index contributed by atoms with van der Waals surface area (Å²) in [7, 11) is 0. The molecule has 1 N–H and O–H groups in total. The summed E-state index contributed by atoms with van der Waals surface area (Å²) in [6.45, 7) is 4.24. The number of halogens is 2. The molecule has 1 aliphatic rings. The van der Waals surface area contributed by atoms with E-state index in [0.717, 1.165) is 48.7 Å². The lowest BCUT2D eigenvalue weighted by atomic mass is 10.2. The Balaban J connectivity index is 1.21. The first-order chi connectivity index (χ1) is 16.6. The number of benzene rings is 1. The number of anilines is 1. The van der Waals surface area contributed by atoms with E-state index in [2.05, 4.69) is 24.8 Å². The monoisotopic (exact) mass is 479 g/mol. The van der Waals surface area contributed by atoms with Crippen LogP contribution in [0, 0.1) is 5.82 Å². The van der Waals surface area contributed by atoms with Crippen molar-refractivity contribution in [2.45, 2.75) is 6.54 Å². The number of nitrogens with one attached hydrogen (secondary N) is 1. The van der Waals surface area contributed by atoms with Gasteiger partial charge in [-0.2, -0.15) is 0 Å². The lowest BCUT2D eigenvalue weighted by Gasteiger charge is -2.34. The summed E-state index contributed by atoms with van der Waals surface area (Å²) in [5.41, 5.74) is 3.18. The van der Waals surface area contributed by atoms with E-state index in [1.165, 1.54) is 18.2 Å². The predicted molar refractivity (Wildman–Crippen MR) is 129 cm³/mol. The summed E-state index contributed by atoms with van der Waals surface area (Å²) in [6.07, 6.45) is 5.30. The quantitative estimate of drug-likeness (QED) is 0.465. The third-order valence-corrected chi connectivity index (χ3v) is 6.20. The first-order valence-electron chi connectivity index (χ1n) is 11.0. The second-order valence-electron chi connectivity index (χ2n) is 8.06. The van der Waals surface area contributed by atoms with Gasteiger partial charge in [0.1, 0.15) is 17.2 Å². The van der Waals surface area contributed by atoms with Crippen molar-refractivity contribution in [1.82, 2.24) is 29.3 Å². The molecule has 0 radical (unpaired) electrons. The van der Waals surface area contributed by atoms with Crippen LogP contribution in [0.15, 0.2) is 61.1 Å². The number of hydrogen-bond donors (Lipinski definition) is 1. The molecule has 0 saturated carbocycles. The van der Waals surface area contributed by atoms with E-state index in [1.54, 1.807) is 23.5 Å². The van der Waals surface area contributed by atoms with E-state index in [0.29, 0.717) is 18.8 Å². The maximum absolute atomic E-state index is 13.3. The highest BCUT2D eigenvalue weighted by Gasteiger charge is 2.22. The van der Waals surface area contributed by atoms with Crippen molar-refractivity contribution in [3.63, 3.8) is 0 Å². The molecule has 4 aromatic rings. The molecule has 0 aliphatic carbocycles. The van der Waals surface area contributed by atoms with Crippen LogP contribution in [0.25, 0.3) is 22.6 Å². The zero-order chi connectivity index (χ0) is 23.5. The van der Waals surface area contributed by atoms with Gasteiger partial charge in [0.15, 0.2) is 5.65 Å². The topological polar surface area (TPSA) is 79.2 Å². The van der Waals surface area contributed by atoms with Crippen LogP contribution in [0.2, 0.25) is 5.02 Å². The average molecular weight is 480 g/mol. The molecule has 3 aromatic heterocycles. The minimum Gasteiger partial charge on any atom is -0.322 e. The molecule has 174 valence electrons. The number of carbonyl (C=O) groups is 1. The van der Waals surface area contributed by atoms with E-state index in [4.69, 9.17) is 16.6 Å². The Hall–Kier alpha value is -3.56. The van der Waals surface area contributed by atoms with Crippen LogP contribution >= 0.6 is 11.6 Å². The normalized spacial score (nSPS) is 14.5. The van der Waals surface area contributed by atoms with Gasteiger partial charge in [0.05, 0.1) is 5.02 Å². The van der Waals surface area contributed by atoms with E-state index < -0.39 is 5.82 Å². The van der Waals surface area contributed by atoms with Gasteiger partial charge in [-0.25, -0.2) is 19.2 Å².